The van der Waals surface area contributed by atoms with Crippen molar-refractivity contribution in [2.45, 2.75) is 64.1 Å². The predicted octanol–water partition coefficient (Wildman–Crippen LogP) is 2.67. The van der Waals surface area contributed by atoms with Gasteiger partial charge >= 0.3 is 0 Å². The van der Waals surface area contributed by atoms with Crippen molar-refractivity contribution in [1.29, 1.82) is 0 Å². The Morgan fingerprint density at radius 3 is 2.67 bits per heavy atom. The normalized spacial score (nSPS) is 18.7. The van der Waals surface area contributed by atoms with E-state index in [2.05, 4.69) is 31.1 Å². The Labute approximate surface area is 109 Å². The first-order chi connectivity index (χ1) is 8.42. The van der Waals surface area contributed by atoms with Crippen LogP contribution < -0.4 is 5.32 Å². The van der Waals surface area contributed by atoms with E-state index in [1.54, 1.807) is 7.11 Å². The topological polar surface area (TPSA) is 47.3 Å². The van der Waals surface area contributed by atoms with Crippen molar-refractivity contribution >= 4 is 0 Å². The molecule has 1 aliphatic rings. The molecule has 0 aliphatic heterocycles. The van der Waals surface area contributed by atoms with Crippen LogP contribution >= 0.6 is 0 Å². The third-order valence-electron chi connectivity index (χ3n) is 3.57. The Morgan fingerprint density at radius 2 is 2.17 bits per heavy atom. The van der Waals surface area contributed by atoms with Gasteiger partial charge in [0.1, 0.15) is 5.76 Å². The molecular weight excluding hydrogens is 228 g/mol. The van der Waals surface area contributed by atoms with Crippen molar-refractivity contribution in [3.8, 4) is 0 Å². The lowest BCUT2D eigenvalue weighted by Gasteiger charge is -2.39. The maximum absolute atomic E-state index is 5.76. The highest BCUT2D eigenvalue weighted by atomic mass is 16.5. The van der Waals surface area contributed by atoms with Crippen LogP contribution in [0, 0.1) is 0 Å². The van der Waals surface area contributed by atoms with Gasteiger partial charge in [0.2, 0.25) is 5.89 Å². The first kappa shape index (κ1) is 13.6. The highest BCUT2D eigenvalue weighted by molar-refractivity contribution is 5.04. The maximum Gasteiger partial charge on any atom is 0.208 e. The van der Waals surface area contributed by atoms with Gasteiger partial charge in [-0.1, -0.05) is 0 Å². The molecule has 2 rings (SSSR count). The first-order valence-corrected chi connectivity index (χ1v) is 6.66. The van der Waals surface area contributed by atoms with E-state index >= 15 is 0 Å². The molecule has 0 aromatic carbocycles. The third kappa shape index (κ3) is 3.33. The summed E-state index contributed by atoms with van der Waals surface area (Å²) in [4.78, 5) is 4.31. The van der Waals surface area contributed by atoms with E-state index in [4.69, 9.17) is 9.15 Å². The number of aromatic nitrogens is 1. The lowest BCUT2D eigenvalue weighted by molar-refractivity contribution is -0.0738. The standard InChI is InChI=1S/C14H24N2O2/c1-13(2,3)16-10-12-15-9-11(18-12)8-14(17-4)6-5-7-14/h9,16H,5-8,10H2,1-4H3. The first-order valence-electron chi connectivity index (χ1n) is 6.66. The Balaban J connectivity index is 1.90. The largest absolute Gasteiger partial charge is 0.444 e. The number of rotatable bonds is 5. The van der Waals surface area contributed by atoms with Crippen LogP contribution in [0.15, 0.2) is 10.6 Å². The van der Waals surface area contributed by atoms with Crippen molar-refractivity contribution in [2.24, 2.45) is 0 Å². The summed E-state index contributed by atoms with van der Waals surface area (Å²) in [5.41, 5.74) is 0.0879. The minimum atomic E-state index is 0.00819. The second-order valence-electron chi connectivity index (χ2n) is 6.24. The number of hydrogen-bond acceptors (Lipinski definition) is 4. The van der Waals surface area contributed by atoms with Crippen molar-refractivity contribution in [3.63, 3.8) is 0 Å². The highest BCUT2D eigenvalue weighted by Crippen LogP contribution is 2.37. The van der Waals surface area contributed by atoms with Gasteiger partial charge in [0.05, 0.1) is 18.3 Å². The van der Waals surface area contributed by atoms with Gasteiger partial charge in [0.25, 0.3) is 0 Å². The number of nitrogens with one attached hydrogen (secondary N) is 1. The minimum Gasteiger partial charge on any atom is -0.444 e. The van der Waals surface area contributed by atoms with Crippen LogP contribution in [0.3, 0.4) is 0 Å². The predicted molar refractivity (Wildman–Crippen MR) is 70.4 cm³/mol. The molecule has 0 unspecified atom stereocenters. The Hall–Kier alpha value is -0.870. The van der Waals surface area contributed by atoms with Gasteiger partial charge in [-0.25, -0.2) is 4.98 Å². The molecule has 4 heteroatoms. The lowest BCUT2D eigenvalue weighted by Crippen LogP contribution is -2.41. The zero-order chi connectivity index (χ0) is 13.2. The molecule has 1 heterocycles. The average Bonchev–Trinajstić information content (AvgIpc) is 2.67. The third-order valence-corrected chi connectivity index (χ3v) is 3.57. The molecule has 18 heavy (non-hydrogen) atoms. The molecule has 1 aromatic heterocycles. The maximum atomic E-state index is 5.76. The van der Waals surface area contributed by atoms with E-state index < -0.39 is 0 Å². The second kappa shape index (κ2) is 5.02. The van der Waals surface area contributed by atoms with E-state index in [1.165, 1.54) is 6.42 Å². The number of nitrogens with zero attached hydrogens (tertiary/aromatic N) is 1. The number of methoxy groups -OCH3 is 1. The fourth-order valence-electron chi connectivity index (χ4n) is 2.19. The van der Waals surface area contributed by atoms with Gasteiger partial charge in [-0.3, -0.25) is 0 Å². The van der Waals surface area contributed by atoms with Gasteiger partial charge in [-0.05, 0) is 40.0 Å². The van der Waals surface area contributed by atoms with Gasteiger partial charge in [-0.15, -0.1) is 0 Å². The lowest BCUT2D eigenvalue weighted by atomic mass is 9.77. The van der Waals surface area contributed by atoms with E-state index in [0.29, 0.717) is 6.54 Å². The Morgan fingerprint density at radius 1 is 1.44 bits per heavy atom. The number of ether oxygens (including phenoxy) is 1. The number of hydrogen-bond donors (Lipinski definition) is 1. The summed E-state index contributed by atoms with van der Waals surface area (Å²) in [6, 6.07) is 0. The van der Waals surface area contributed by atoms with Gasteiger partial charge in [-0.2, -0.15) is 0 Å². The fraction of sp³-hybridized carbons (Fsp3) is 0.786. The fourth-order valence-corrected chi connectivity index (χ4v) is 2.19. The monoisotopic (exact) mass is 252 g/mol. The van der Waals surface area contributed by atoms with E-state index in [0.717, 1.165) is 30.9 Å². The molecular formula is C14H24N2O2. The molecule has 0 bridgehead atoms. The van der Waals surface area contributed by atoms with Crippen LogP contribution in [0.5, 0.6) is 0 Å². The zero-order valence-electron chi connectivity index (χ0n) is 11.9. The zero-order valence-corrected chi connectivity index (χ0v) is 11.9. The quantitative estimate of drug-likeness (QED) is 0.875. The summed E-state index contributed by atoms with van der Waals surface area (Å²) in [6.07, 6.45) is 6.17. The van der Waals surface area contributed by atoms with Crippen LogP contribution in [0.1, 0.15) is 51.7 Å². The summed E-state index contributed by atoms with van der Waals surface area (Å²) in [5, 5.41) is 3.37. The van der Waals surface area contributed by atoms with Gasteiger partial charge in [0, 0.05) is 19.1 Å². The molecule has 0 spiro atoms. The Kier molecular flexibility index (Phi) is 3.78. The molecule has 1 aromatic rings. The van der Waals surface area contributed by atoms with E-state index in [9.17, 15) is 0 Å². The molecule has 0 saturated heterocycles. The summed E-state index contributed by atoms with van der Waals surface area (Å²) < 4.78 is 11.4. The van der Waals surface area contributed by atoms with Crippen molar-refractivity contribution < 1.29 is 9.15 Å². The van der Waals surface area contributed by atoms with Crippen LogP contribution in [0.4, 0.5) is 0 Å². The van der Waals surface area contributed by atoms with Crippen molar-refractivity contribution in [2.75, 3.05) is 7.11 Å². The smallest absolute Gasteiger partial charge is 0.208 e. The molecule has 1 fully saturated rings. The van der Waals surface area contributed by atoms with E-state index in [-0.39, 0.29) is 11.1 Å². The summed E-state index contributed by atoms with van der Waals surface area (Å²) in [6.45, 7) is 7.06. The molecule has 1 saturated carbocycles. The summed E-state index contributed by atoms with van der Waals surface area (Å²) in [7, 11) is 1.79. The van der Waals surface area contributed by atoms with Crippen LogP contribution in [0.25, 0.3) is 0 Å². The molecule has 0 atom stereocenters. The van der Waals surface area contributed by atoms with Gasteiger partial charge < -0.3 is 14.5 Å². The van der Waals surface area contributed by atoms with Crippen molar-refractivity contribution in [3.05, 3.63) is 17.8 Å². The molecule has 1 N–H and O–H groups in total. The van der Waals surface area contributed by atoms with E-state index in [1.807, 2.05) is 6.20 Å². The minimum absolute atomic E-state index is 0.00819. The molecule has 102 valence electrons. The van der Waals surface area contributed by atoms with Crippen LogP contribution in [0.2, 0.25) is 0 Å². The molecule has 1 aliphatic carbocycles. The number of oxazole rings is 1. The SMILES string of the molecule is COC1(Cc2cnc(CNC(C)(C)C)o2)CCC1. The molecule has 0 radical (unpaired) electrons. The highest BCUT2D eigenvalue weighted by Gasteiger charge is 2.38. The van der Waals surface area contributed by atoms with Crippen LogP contribution in [-0.2, 0) is 17.7 Å². The molecule has 4 nitrogen and oxygen atoms in total. The second-order valence-corrected chi connectivity index (χ2v) is 6.24. The average molecular weight is 252 g/mol. The van der Waals surface area contributed by atoms with Crippen molar-refractivity contribution in [1.82, 2.24) is 10.3 Å². The summed E-state index contributed by atoms with van der Waals surface area (Å²) in [5.74, 6) is 1.69. The van der Waals surface area contributed by atoms with Gasteiger partial charge in [0.15, 0.2) is 0 Å². The molecule has 0 amide bonds. The Bertz CT molecular complexity index is 383. The summed E-state index contributed by atoms with van der Waals surface area (Å²) >= 11 is 0. The van der Waals surface area contributed by atoms with Crippen LogP contribution in [-0.4, -0.2) is 23.2 Å².